The normalized spacial score (nSPS) is 26.2. The van der Waals surface area contributed by atoms with Crippen molar-refractivity contribution < 1.29 is 81.1 Å². The second kappa shape index (κ2) is 30.4. The van der Waals surface area contributed by atoms with Crippen LogP contribution in [0.2, 0.25) is 0 Å². The first kappa shape index (κ1) is 57.3. The van der Waals surface area contributed by atoms with Gasteiger partial charge in [-0.15, -0.1) is 0 Å². The van der Waals surface area contributed by atoms with E-state index in [-0.39, 0.29) is 31.7 Å². The van der Waals surface area contributed by atoms with E-state index in [9.17, 15) is 24.3 Å². The molecule has 3 saturated heterocycles. The molecule has 6 rings (SSSR count). The van der Waals surface area contributed by atoms with Crippen molar-refractivity contribution >= 4 is 41.1 Å². The molecule has 0 bridgehead atoms. The third kappa shape index (κ3) is 18.7. The number of carbonyl (C=O) groups excluding carboxylic acids is 4. The fourth-order valence-electron chi connectivity index (χ4n) is 8.81. The van der Waals surface area contributed by atoms with E-state index in [2.05, 4.69) is 22.3 Å². The van der Waals surface area contributed by atoms with Gasteiger partial charge in [0.2, 0.25) is 0 Å². The molecule has 0 radical (unpaired) electrons. The maximum Gasteiger partial charge on any atom is 0.303 e. The number of thiocarbonyl (C=S) groups is 1. The van der Waals surface area contributed by atoms with Crippen molar-refractivity contribution in [1.29, 1.82) is 0 Å². The van der Waals surface area contributed by atoms with E-state index in [4.69, 9.17) is 69.1 Å². The Kier molecular flexibility index (Phi) is 23.9. The fraction of sp³-hybridized carbons (Fsp3) is 0.566. The molecule has 3 aromatic rings. The van der Waals surface area contributed by atoms with Crippen molar-refractivity contribution in [3.8, 4) is 0 Å². The third-order valence-corrected chi connectivity index (χ3v) is 12.5. The molecule has 3 aliphatic heterocycles. The van der Waals surface area contributed by atoms with Crippen LogP contribution in [0.15, 0.2) is 78.9 Å². The second-order valence-electron chi connectivity index (χ2n) is 17.7. The summed E-state index contributed by atoms with van der Waals surface area (Å²) >= 11 is 5.78. The molecule has 20 heteroatoms. The first-order valence-electron chi connectivity index (χ1n) is 24.7. The summed E-state index contributed by atoms with van der Waals surface area (Å²) in [6.07, 6.45) is -7.48. The summed E-state index contributed by atoms with van der Waals surface area (Å²) in [5.41, 5.74) is 4.43. The smallest absolute Gasteiger partial charge is 0.303 e. The highest BCUT2D eigenvalue weighted by atomic mass is 32.1. The van der Waals surface area contributed by atoms with E-state index in [0.29, 0.717) is 97.2 Å². The van der Waals surface area contributed by atoms with Gasteiger partial charge in [-0.2, -0.15) is 0 Å². The first-order chi connectivity index (χ1) is 35.4. The van der Waals surface area contributed by atoms with Crippen molar-refractivity contribution in [3.05, 3.63) is 107 Å². The number of aliphatic hydroxyl groups excluding tert-OH is 1. The molecule has 2 N–H and O–H groups in total. The Morgan fingerprint density at radius 1 is 0.575 bits per heavy atom. The Morgan fingerprint density at radius 3 is 1.62 bits per heavy atom. The van der Waals surface area contributed by atoms with E-state index in [1.54, 1.807) is 0 Å². The SMILES string of the molecule is CC(=O)OC[C@H]1O[C@@H](CC(=S)NCc2ccc(C3O[C@H](CN4CCOCCOCCOCCOCCOCC4)[C@@H](c4ccccc4)[C@H](c4ccc(CO)cc4)O3)cc2)[C@H](OC(C)=O)[C@@H](OC(C)=O)[C@@H]1OC(C)=O. The Morgan fingerprint density at radius 2 is 1.08 bits per heavy atom. The lowest BCUT2D eigenvalue weighted by Crippen LogP contribution is -2.62. The van der Waals surface area contributed by atoms with Gasteiger partial charge in [0.1, 0.15) is 18.8 Å². The molecule has 3 aliphatic rings. The zero-order valence-corrected chi connectivity index (χ0v) is 42.9. The largest absolute Gasteiger partial charge is 0.463 e. The number of ether oxygens (including phenoxy) is 12. The Labute approximate surface area is 432 Å². The van der Waals surface area contributed by atoms with Crippen LogP contribution in [0.3, 0.4) is 0 Å². The highest BCUT2D eigenvalue weighted by Gasteiger charge is 2.52. The van der Waals surface area contributed by atoms with Gasteiger partial charge in [0.15, 0.2) is 24.6 Å². The number of nitrogens with zero attached hydrogens (tertiary/aromatic N) is 1. The molecule has 400 valence electrons. The second-order valence-corrected chi connectivity index (χ2v) is 18.2. The van der Waals surface area contributed by atoms with Crippen LogP contribution < -0.4 is 5.32 Å². The topological polar surface area (TPSA) is 215 Å². The molecule has 0 saturated carbocycles. The maximum atomic E-state index is 12.4. The van der Waals surface area contributed by atoms with E-state index in [0.717, 1.165) is 27.8 Å². The van der Waals surface area contributed by atoms with Gasteiger partial charge in [0, 0.05) is 71.8 Å². The number of hydrogen-bond acceptors (Lipinski definition) is 19. The summed E-state index contributed by atoms with van der Waals surface area (Å²) in [6, 6.07) is 25.8. The molecule has 9 atom stereocenters. The van der Waals surface area contributed by atoms with Gasteiger partial charge in [-0.1, -0.05) is 91.1 Å². The molecule has 0 aliphatic carbocycles. The van der Waals surface area contributed by atoms with Gasteiger partial charge in [-0.25, -0.2) is 0 Å². The van der Waals surface area contributed by atoms with Crippen LogP contribution in [0.25, 0.3) is 0 Å². The molecule has 3 fully saturated rings. The van der Waals surface area contributed by atoms with Crippen LogP contribution in [-0.4, -0.2) is 168 Å². The van der Waals surface area contributed by atoms with Crippen LogP contribution in [0, 0.1) is 0 Å². The van der Waals surface area contributed by atoms with Crippen molar-refractivity contribution in [3.63, 3.8) is 0 Å². The van der Waals surface area contributed by atoms with Gasteiger partial charge in [-0.05, 0) is 22.3 Å². The lowest BCUT2D eigenvalue weighted by molar-refractivity contribution is -0.263. The van der Waals surface area contributed by atoms with Crippen LogP contribution in [-0.2, 0) is 89.2 Å². The van der Waals surface area contributed by atoms with Crippen molar-refractivity contribution in [1.82, 2.24) is 10.2 Å². The standard InChI is InChI=1S/C53H70N2O17S/c1-35(57)66-34-46-51(68-37(3)59)52(69-38(4)60)50(67-36(2)58)44(70-46)30-47(73)54-31-39-10-16-43(17-11-39)53-71-45(32-55-18-20-61-22-24-63-26-28-65-29-27-64-25-23-62-21-19-55)48(41-8-6-5-7-9-41)49(72-53)42-14-12-40(33-56)13-15-42/h5-17,44-46,48-53,56H,18-34H2,1-4H3,(H,54,73)/t44-,45+,46+,48+,49-,50-,51+,52+,53?/m0/s1. The van der Waals surface area contributed by atoms with Crippen molar-refractivity contribution in [2.24, 2.45) is 0 Å². The summed E-state index contributed by atoms with van der Waals surface area (Å²) in [5, 5.41) is 13.2. The molecule has 19 nitrogen and oxygen atoms in total. The predicted molar refractivity (Wildman–Crippen MR) is 266 cm³/mol. The Bertz CT molecular complexity index is 2150. The minimum Gasteiger partial charge on any atom is -0.463 e. The third-order valence-electron chi connectivity index (χ3n) is 12.2. The first-order valence-corrected chi connectivity index (χ1v) is 25.1. The Balaban J connectivity index is 1.20. The fourth-order valence-corrected chi connectivity index (χ4v) is 9.05. The minimum atomic E-state index is -1.30. The van der Waals surface area contributed by atoms with Crippen LogP contribution in [0.4, 0.5) is 0 Å². The maximum absolute atomic E-state index is 12.4. The average Bonchev–Trinajstić information content (AvgIpc) is 3.37. The van der Waals surface area contributed by atoms with Gasteiger partial charge < -0.3 is 67.3 Å². The summed E-state index contributed by atoms with van der Waals surface area (Å²) in [6.45, 7) is 11.0. The lowest BCUT2D eigenvalue weighted by atomic mass is 9.83. The van der Waals surface area contributed by atoms with E-state index in [1.807, 2.05) is 66.7 Å². The van der Waals surface area contributed by atoms with Gasteiger partial charge in [0.05, 0.1) is 89.9 Å². The number of aliphatic hydroxyl groups is 1. The van der Waals surface area contributed by atoms with Crippen LogP contribution >= 0.6 is 12.2 Å². The van der Waals surface area contributed by atoms with Crippen LogP contribution in [0.5, 0.6) is 0 Å². The summed E-state index contributed by atoms with van der Waals surface area (Å²) in [5.74, 6) is -2.98. The van der Waals surface area contributed by atoms with Gasteiger partial charge in [-0.3, -0.25) is 24.1 Å². The van der Waals surface area contributed by atoms with Crippen molar-refractivity contribution in [2.45, 2.75) is 102 Å². The van der Waals surface area contributed by atoms with E-state index >= 15 is 0 Å². The number of rotatable bonds is 15. The minimum absolute atomic E-state index is 0.00514. The van der Waals surface area contributed by atoms with Crippen molar-refractivity contribution in [2.75, 3.05) is 92.3 Å². The molecule has 0 amide bonds. The number of hydrogen-bond donors (Lipinski definition) is 2. The highest BCUT2D eigenvalue weighted by Crippen LogP contribution is 2.47. The lowest BCUT2D eigenvalue weighted by Gasteiger charge is -2.44. The number of nitrogens with one attached hydrogen (secondary N) is 1. The zero-order chi connectivity index (χ0) is 52.0. The molecule has 0 aromatic heterocycles. The summed E-state index contributed by atoms with van der Waals surface area (Å²) < 4.78 is 71.2. The summed E-state index contributed by atoms with van der Waals surface area (Å²) in [7, 11) is 0. The molecular weight excluding hydrogens is 969 g/mol. The molecule has 73 heavy (non-hydrogen) atoms. The van der Waals surface area contributed by atoms with E-state index < -0.39 is 66.8 Å². The highest BCUT2D eigenvalue weighted by molar-refractivity contribution is 7.80. The molecule has 1 unspecified atom stereocenters. The molecule has 3 aromatic carbocycles. The summed E-state index contributed by atoms with van der Waals surface area (Å²) in [4.78, 5) is 51.3. The number of carbonyl (C=O) groups is 4. The molecular formula is C53H70N2O17S. The number of esters is 4. The molecule has 3 heterocycles. The average molecular weight is 1040 g/mol. The van der Waals surface area contributed by atoms with Gasteiger partial charge >= 0.3 is 23.9 Å². The van der Waals surface area contributed by atoms with Crippen LogP contribution in [0.1, 0.15) is 80.2 Å². The molecule has 0 spiro atoms. The Hall–Kier alpha value is -4.97. The van der Waals surface area contributed by atoms with Gasteiger partial charge in [0.25, 0.3) is 0 Å². The predicted octanol–water partition coefficient (Wildman–Crippen LogP) is 4.45. The number of benzene rings is 3. The zero-order valence-electron chi connectivity index (χ0n) is 42.1. The monoisotopic (exact) mass is 1040 g/mol. The van der Waals surface area contributed by atoms with E-state index in [1.165, 1.54) is 27.7 Å². The quantitative estimate of drug-likeness (QED) is 0.122.